The lowest BCUT2D eigenvalue weighted by atomic mass is 9.74. The van der Waals surface area contributed by atoms with Gasteiger partial charge in [0.15, 0.2) is 0 Å². The van der Waals surface area contributed by atoms with Gasteiger partial charge < -0.3 is 50.8 Å². The third-order valence-electron chi connectivity index (χ3n) is 19.2. The summed E-state index contributed by atoms with van der Waals surface area (Å²) >= 11 is 1.58. The number of carbonyl (C=O) groups excluding carboxylic acids is 3. The van der Waals surface area contributed by atoms with Gasteiger partial charge in [-0.1, -0.05) is 127 Å². The van der Waals surface area contributed by atoms with Crippen LogP contribution >= 0.6 is 11.3 Å². The first-order valence-electron chi connectivity index (χ1n) is 31.4. The number of likely N-dealkylation sites (tertiary alicyclic amines) is 3. The largest absolute Gasteiger partial charge is 0.492 e. The molecule has 9 aromatic rings. The Balaban J connectivity index is 0.000000124. The number of ether oxygens (including phenoxy) is 4. The number of rotatable bonds is 10. The molecule has 0 atom stereocenters. The van der Waals surface area contributed by atoms with Gasteiger partial charge in [-0.05, 0) is 150 Å². The standard InChI is InChI=1S/C26H26N2O3.C26H26N2O2.C24H24N2O2S/c27-17-19-9-10-24-23(15-19)26(18-30-24)11-13-28(14-12-26)25(29)20-5-4-8-22(16-20)31-21-6-2-1-3-7-21;27-17-20-6-9-24-23(16-20)26(18-30-24)11-13-28(14-12-26)25(29)10-7-19-5-8-21-3-1-2-4-22(21)15-19;25-15-17-6-7-20-19(14-17)24(16-28-20)10-12-26(13-11-24)23(27)22-9-8-21(29-22)18-4-2-1-3-5-18/h1-10,15-16H,11-14,17-18,27H2;1-10,15-16H,11-14,17-18,27H2;1-9,14H,10-13,15-16,25H2/b;10-7+;. The van der Waals surface area contributed by atoms with E-state index in [9.17, 15) is 14.4 Å². The molecule has 6 aliphatic rings. The van der Waals surface area contributed by atoms with Gasteiger partial charge in [-0.2, -0.15) is 0 Å². The molecular weight excluding hydrogens is 1140 g/mol. The molecule has 6 N–H and O–H groups in total. The third-order valence-corrected chi connectivity index (χ3v) is 20.4. The van der Waals surface area contributed by atoms with Crippen molar-refractivity contribution in [3.63, 3.8) is 0 Å². The topological polar surface area (TPSA) is 176 Å². The lowest BCUT2D eigenvalue weighted by molar-refractivity contribution is -0.127. The number of nitrogens with two attached hydrogens (primary N) is 3. The molecule has 0 bridgehead atoms. The number of amides is 3. The van der Waals surface area contributed by atoms with Crippen molar-refractivity contribution in [2.75, 3.05) is 59.1 Å². The van der Waals surface area contributed by atoms with Gasteiger partial charge in [-0.3, -0.25) is 14.4 Å². The van der Waals surface area contributed by atoms with E-state index >= 15 is 0 Å². The highest BCUT2D eigenvalue weighted by atomic mass is 32.1. The molecule has 90 heavy (non-hydrogen) atoms. The number of nitrogens with zero attached hydrogens (tertiary/aromatic N) is 3. The van der Waals surface area contributed by atoms with Crippen LogP contribution in [0.15, 0.2) is 200 Å². The summed E-state index contributed by atoms with van der Waals surface area (Å²) in [4.78, 5) is 46.9. The smallest absolute Gasteiger partial charge is 0.263 e. The number of carbonyl (C=O) groups is 3. The van der Waals surface area contributed by atoms with Crippen molar-refractivity contribution in [2.24, 2.45) is 17.2 Å². The van der Waals surface area contributed by atoms with Gasteiger partial charge in [-0.25, -0.2) is 0 Å². The minimum absolute atomic E-state index is 0.0132. The SMILES string of the molecule is NCc1ccc2c(c1)C1(CCN(C(=O)/C=C/c3ccc4ccccc4c3)CC1)CO2.NCc1ccc2c(c1)C1(CCN(C(=O)c3ccc(-c4ccccc4)s3)CC1)CO2.NCc1ccc2c(c1)C1(CCN(C(=O)c3cccc(Oc4ccccc4)c3)CC1)CO2. The van der Waals surface area contributed by atoms with Gasteiger partial charge in [0.25, 0.3) is 11.8 Å². The first-order chi connectivity index (χ1) is 44.0. The van der Waals surface area contributed by atoms with Crippen molar-refractivity contribution in [3.8, 4) is 39.2 Å². The van der Waals surface area contributed by atoms with Crippen molar-refractivity contribution in [1.82, 2.24) is 14.7 Å². The molecule has 0 aliphatic carbocycles. The monoisotopic (exact) mass is 1220 g/mol. The molecule has 0 saturated carbocycles. The molecule has 0 unspecified atom stereocenters. The Morgan fingerprint density at radius 3 is 1.47 bits per heavy atom. The van der Waals surface area contributed by atoms with Crippen LogP contribution in [0, 0.1) is 0 Å². The molecule has 1 aromatic heterocycles. The number of piperidine rings is 3. The van der Waals surface area contributed by atoms with Crippen LogP contribution < -0.4 is 36.1 Å². The van der Waals surface area contributed by atoms with Crippen LogP contribution in [0.3, 0.4) is 0 Å². The fourth-order valence-electron chi connectivity index (χ4n) is 13.7. The maximum atomic E-state index is 13.2. The van der Waals surface area contributed by atoms with Crippen molar-refractivity contribution in [3.05, 3.63) is 250 Å². The summed E-state index contributed by atoms with van der Waals surface area (Å²) in [5, 5.41) is 2.39. The second-order valence-corrected chi connectivity index (χ2v) is 25.7. The molecule has 3 fully saturated rings. The average Bonchev–Trinajstić information content (AvgIpc) is 1.65. The number of hydrogen-bond acceptors (Lipinski definition) is 11. The zero-order chi connectivity index (χ0) is 61.7. The molecule has 6 aliphatic heterocycles. The molecular formula is C76H76N6O7S. The van der Waals surface area contributed by atoms with E-state index < -0.39 is 0 Å². The Morgan fingerprint density at radius 2 is 0.933 bits per heavy atom. The van der Waals surface area contributed by atoms with E-state index in [0.29, 0.717) is 63.9 Å². The van der Waals surface area contributed by atoms with Crippen molar-refractivity contribution in [2.45, 2.75) is 74.4 Å². The molecule has 14 heteroatoms. The van der Waals surface area contributed by atoms with Gasteiger partial charge in [0, 0.05) is 108 Å². The first-order valence-corrected chi connectivity index (χ1v) is 32.3. The molecule has 3 saturated heterocycles. The van der Waals surface area contributed by atoms with Crippen molar-refractivity contribution in [1.29, 1.82) is 0 Å². The molecule has 8 aromatic carbocycles. The molecule has 15 rings (SSSR count). The maximum Gasteiger partial charge on any atom is 0.263 e. The predicted molar refractivity (Wildman–Crippen MR) is 356 cm³/mol. The van der Waals surface area contributed by atoms with Gasteiger partial charge in [0.05, 0.1) is 24.7 Å². The van der Waals surface area contributed by atoms with Gasteiger partial charge >= 0.3 is 0 Å². The molecule has 0 radical (unpaired) electrons. The van der Waals surface area contributed by atoms with Gasteiger partial charge in [0.1, 0.15) is 28.7 Å². The number of fused-ring (bicyclic) bond motifs is 7. The summed E-state index contributed by atoms with van der Waals surface area (Å²) in [5.74, 6) is 4.60. The number of thiophene rings is 1. The second-order valence-electron chi connectivity index (χ2n) is 24.6. The number of hydrogen-bond donors (Lipinski definition) is 3. The molecule has 13 nitrogen and oxygen atoms in total. The molecule has 3 spiro atoms. The minimum Gasteiger partial charge on any atom is -0.492 e. The Morgan fingerprint density at radius 1 is 0.456 bits per heavy atom. The normalized spacial score (nSPS) is 17.1. The summed E-state index contributed by atoms with van der Waals surface area (Å²) in [7, 11) is 0. The first kappa shape index (κ1) is 59.9. The van der Waals surface area contributed by atoms with Crippen molar-refractivity contribution < 1.29 is 33.3 Å². The van der Waals surface area contributed by atoms with Crippen LogP contribution in [0.4, 0.5) is 0 Å². The average molecular weight is 1220 g/mol. The van der Waals surface area contributed by atoms with E-state index in [1.54, 1.807) is 17.4 Å². The van der Waals surface area contributed by atoms with Crippen LogP contribution in [-0.2, 0) is 40.7 Å². The second kappa shape index (κ2) is 26.2. The summed E-state index contributed by atoms with van der Waals surface area (Å²) in [6.45, 7) is 8.10. The summed E-state index contributed by atoms with van der Waals surface area (Å²) < 4.78 is 23.8. The van der Waals surface area contributed by atoms with Crippen LogP contribution in [-0.4, -0.2) is 91.5 Å². The van der Waals surface area contributed by atoms with E-state index in [0.717, 1.165) is 125 Å². The van der Waals surface area contributed by atoms with Crippen LogP contribution in [0.5, 0.6) is 28.7 Å². The number of para-hydroxylation sites is 1. The van der Waals surface area contributed by atoms with E-state index in [4.69, 9.17) is 36.1 Å². The molecule has 7 heterocycles. The van der Waals surface area contributed by atoms with Gasteiger partial charge in [-0.15, -0.1) is 11.3 Å². The highest BCUT2D eigenvalue weighted by Gasteiger charge is 2.46. The Bertz CT molecular complexity index is 4090. The van der Waals surface area contributed by atoms with E-state index in [1.165, 1.54) is 27.5 Å². The van der Waals surface area contributed by atoms with Crippen LogP contribution in [0.1, 0.15) is 97.5 Å². The summed E-state index contributed by atoms with van der Waals surface area (Å²) in [6.07, 6.45) is 9.09. The lowest BCUT2D eigenvalue weighted by Crippen LogP contribution is -2.46. The minimum atomic E-state index is -0.0183. The Labute approximate surface area is 530 Å². The van der Waals surface area contributed by atoms with E-state index in [1.807, 2.05) is 154 Å². The van der Waals surface area contributed by atoms with E-state index in [-0.39, 0.29) is 34.0 Å². The quantitative estimate of drug-likeness (QED) is 0.112. The molecule has 458 valence electrons. The van der Waals surface area contributed by atoms with Crippen molar-refractivity contribution >= 4 is 45.9 Å². The fourth-order valence-corrected chi connectivity index (χ4v) is 14.7. The van der Waals surface area contributed by atoms with Gasteiger partial charge in [0.2, 0.25) is 5.91 Å². The van der Waals surface area contributed by atoms with Crippen LogP contribution in [0.25, 0.3) is 27.3 Å². The molecule has 3 amide bonds. The predicted octanol–water partition coefficient (Wildman–Crippen LogP) is 13.2. The maximum absolute atomic E-state index is 13.2. The highest BCUT2D eigenvalue weighted by Crippen LogP contribution is 2.49. The Hall–Kier alpha value is -9.05. The zero-order valence-corrected chi connectivity index (χ0v) is 51.5. The Kier molecular flexibility index (Phi) is 17.4. The summed E-state index contributed by atoms with van der Waals surface area (Å²) in [6, 6.07) is 64.6. The van der Waals surface area contributed by atoms with Crippen LogP contribution in [0.2, 0.25) is 0 Å². The number of benzene rings is 8. The lowest BCUT2D eigenvalue weighted by Gasteiger charge is -2.38. The zero-order valence-electron chi connectivity index (χ0n) is 50.7. The van der Waals surface area contributed by atoms with E-state index in [2.05, 4.69) is 60.7 Å². The summed E-state index contributed by atoms with van der Waals surface area (Å²) in [5.41, 5.74) is 27.6. The fraction of sp³-hybridized carbons (Fsp3) is 0.276. The highest BCUT2D eigenvalue weighted by molar-refractivity contribution is 7.17. The third kappa shape index (κ3) is 12.5.